The van der Waals surface area contributed by atoms with Crippen molar-refractivity contribution in [1.82, 2.24) is 0 Å². The Hall–Kier alpha value is -6.21. The molecule has 0 heterocycles. The molecule has 0 saturated carbocycles. The summed E-state index contributed by atoms with van der Waals surface area (Å²) in [5, 5.41) is 61.7. The van der Waals surface area contributed by atoms with Gasteiger partial charge in [0.2, 0.25) is 11.9 Å². The molecule has 0 atom stereocenters. The number of nitro groups is 2. The van der Waals surface area contributed by atoms with E-state index in [9.17, 15) is 25.0 Å². The monoisotopic (exact) mass is 687 g/mol. The molecule has 0 amide bonds. The van der Waals surface area contributed by atoms with Crippen LogP contribution in [0.2, 0.25) is 0 Å². The number of benzene rings is 3. The van der Waals surface area contributed by atoms with Crippen LogP contribution in [0.4, 0.5) is 17.1 Å². The van der Waals surface area contributed by atoms with Gasteiger partial charge in [0.15, 0.2) is 6.29 Å². The van der Waals surface area contributed by atoms with Gasteiger partial charge in [0.05, 0.1) is 33.4 Å². The second-order valence-corrected chi connectivity index (χ2v) is 7.47. The van der Waals surface area contributed by atoms with Gasteiger partial charge in [-0.15, -0.1) is 35.0 Å². The van der Waals surface area contributed by atoms with Crippen LogP contribution < -0.4 is 28.7 Å². The minimum Gasteiger partial charge on any atom is -0.508 e. The Morgan fingerprint density at radius 1 is 0.652 bits per heavy atom. The molecule has 0 aromatic heterocycles. The number of carbonyl (C=O) groups is 1. The largest absolute Gasteiger partial charge is 0.508 e. The summed E-state index contributed by atoms with van der Waals surface area (Å²) in [5.74, 6) is -0.580. The minimum absolute atomic E-state index is 0. The molecule has 0 fully saturated rings. The molecule has 0 spiro atoms. The molecule has 0 radical (unpaired) electrons. The number of nitrogens with two attached hydrogens (primary N) is 5. The Kier molecular flexibility index (Phi) is 23.6. The van der Waals surface area contributed by atoms with Crippen LogP contribution in [0, 0.1) is 20.2 Å². The van der Waals surface area contributed by atoms with Gasteiger partial charge >= 0.3 is 0 Å². The first-order valence-electron chi connectivity index (χ1n) is 11.0. The van der Waals surface area contributed by atoms with Gasteiger partial charge in [0, 0.05) is 23.4 Å². The zero-order valence-electron chi connectivity index (χ0n) is 22.2. The highest BCUT2D eigenvalue weighted by Gasteiger charge is 2.13. The standard InChI is InChI=1S/C8H9N5O3.C8H11N5O.C7H5NO4.2CH4.2ClH/c9-8(10)12-11-4-5-3-6(14)1-2-7(5)13(15)16;9-7-2-1-6(14)3-5(7)4-12-13-8(10)11;9-4-5-3-6(10)1-2-7(5)8(11)12;;;;/h1-4,14H,(H4,9,10,12);1-4,14H,9H2,(H4,10,11,13);1-4,10H;2*1H4;2*1H/b11-4+;12-4+;;;;;. The number of guanidine groups is 2. The molecule has 0 bridgehead atoms. The highest BCUT2D eigenvalue weighted by Crippen LogP contribution is 2.22. The minimum atomic E-state index is -0.677. The van der Waals surface area contributed by atoms with Crippen molar-refractivity contribution in [2.75, 3.05) is 5.73 Å². The molecule has 46 heavy (non-hydrogen) atoms. The summed E-state index contributed by atoms with van der Waals surface area (Å²) in [5.41, 5.74) is 26.3. The average Bonchev–Trinajstić information content (AvgIpc) is 2.90. The SMILES string of the molecule is C.C.Cl.Cl.NC(N)=N/N=C/c1cc(O)ccc1N.NC(N)=N/N=C/c1cc(O)ccc1[N+](=O)[O-].O=Cc1cc(O)ccc1[N+](=O)[O-]. The van der Waals surface area contributed by atoms with Gasteiger partial charge in [0.25, 0.3) is 11.4 Å². The Bertz CT molecular complexity index is 1560. The lowest BCUT2D eigenvalue weighted by Crippen LogP contribution is -2.21. The van der Waals surface area contributed by atoms with Crippen molar-refractivity contribution in [3.63, 3.8) is 0 Å². The van der Waals surface area contributed by atoms with E-state index in [-0.39, 0.29) is 91.3 Å². The fourth-order valence-corrected chi connectivity index (χ4v) is 2.60. The lowest BCUT2D eigenvalue weighted by atomic mass is 10.2. The van der Waals surface area contributed by atoms with E-state index in [1.807, 2.05) is 0 Å². The van der Waals surface area contributed by atoms with Crippen molar-refractivity contribution in [3.8, 4) is 17.2 Å². The van der Waals surface area contributed by atoms with Crippen LogP contribution in [0.5, 0.6) is 17.2 Å². The molecule has 13 N–H and O–H groups in total. The maximum atomic E-state index is 10.6. The molecule has 19 nitrogen and oxygen atoms in total. The molecule has 3 aromatic rings. The molecule has 0 aliphatic heterocycles. The number of anilines is 1. The van der Waals surface area contributed by atoms with Crippen LogP contribution in [-0.4, -0.2) is 55.8 Å². The first kappa shape index (κ1) is 46.7. The average molecular weight is 689 g/mol. The second-order valence-electron chi connectivity index (χ2n) is 7.47. The predicted molar refractivity (Wildman–Crippen MR) is 182 cm³/mol. The van der Waals surface area contributed by atoms with Gasteiger partial charge in [-0.25, -0.2) is 0 Å². The van der Waals surface area contributed by atoms with Gasteiger partial charge in [-0.1, -0.05) is 14.9 Å². The second kappa shape index (κ2) is 23.3. The van der Waals surface area contributed by atoms with Crippen LogP contribution >= 0.6 is 24.8 Å². The number of rotatable bonds is 7. The van der Waals surface area contributed by atoms with Crippen LogP contribution in [0.3, 0.4) is 0 Å². The van der Waals surface area contributed by atoms with Crippen molar-refractivity contribution in [1.29, 1.82) is 0 Å². The van der Waals surface area contributed by atoms with Crippen LogP contribution in [0.1, 0.15) is 36.3 Å². The molecule has 21 heteroatoms. The van der Waals surface area contributed by atoms with E-state index in [0.29, 0.717) is 17.5 Å². The lowest BCUT2D eigenvalue weighted by molar-refractivity contribution is -0.385. The number of nitrogens with zero attached hydrogens (tertiary/aromatic N) is 6. The highest BCUT2D eigenvalue weighted by molar-refractivity contribution is 5.88. The van der Waals surface area contributed by atoms with E-state index < -0.39 is 9.85 Å². The number of aldehydes is 1. The molecule has 3 rings (SSSR count). The number of hydrogen-bond donors (Lipinski definition) is 8. The molecule has 3 aromatic carbocycles. The van der Waals surface area contributed by atoms with Gasteiger partial charge in [-0.2, -0.15) is 10.2 Å². The van der Waals surface area contributed by atoms with Crippen LogP contribution in [-0.2, 0) is 0 Å². The summed E-state index contributed by atoms with van der Waals surface area (Å²) in [7, 11) is 0. The molecule has 0 saturated heterocycles. The molecule has 252 valence electrons. The molecule has 0 aliphatic carbocycles. The molecule has 0 aliphatic rings. The summed E-state index contributed by atoms with van der Waals surface area (Å²) in [6, 6.07) is 11.3. The van der Waals surface area contributed by atoms with Crippen LogP contribution in [0.25, 0.3) is 0 Å². The van der Waals surface area contributed by atoms with E-state index in [0.717, 1.165) is 30.5 Å². The van der Waals surface area contributed by atoms with E-state index in [4.69, 9.17) is 44.0 Å². The Morgan fingerprint density at radius 3 is 1.39 bits per heavy atom. The first-order valence-corrected chi connectivity index (χ1v) is 11.0. The maximum Gasteiger partial charge on any atom is 0.280 e. The third kappa shape index (κ3) is 17.0. The molecular formula is C25H35Cl2N11O8. The number of hydrogen-bond acceptors (Lipinski definition) is 13. The summed E-state index contributed by atoms with van der Waals surface area (Å²) in [4.78, 5) is 29.9. The van der Waals surface area contributed by atoms with Gasteiger partial charge in [0.1, 0.15) is 17.2 Å². The quantitative estimate of drug-likeness (QED) is 0.0337. The third-order valence-corrected chi connectivity index (χ3v) is 4.35. The number of phenolic OH excluding ortho intramolecular Hbond substituents is 3. The summed E-state index contributed by atoms with van der Waals surface area (Å²) in [6.07, 6.45) is 2.77. The smallest absolute Gasteiger partial charge is 0.280 e. The number of nitro benzene ring substituents is 2. The molecule has 0 unspecified atom stereocenters. The van der Waals surface area contributed by atoms with Crippen molar-refractivity contribution in [2.24, 2.45) is 43.3 Å². The highest BCUT2D eigenvalue weighted by atomic mass is 35.5. The fraction of sp³-hybridized carbons (Fsp3) is 0.0800. The lowest BCUT2D eigenvalue weighted by Gasteiger charge is -1.98. The van der Waals surface area contributed by atoms with Crippen LogP contribution in [0.15, 0.2) is 75.0 Å². The van der Waals surface area contributed by atoms with Gasteiger partial charge in [-0.3, -0.25) is 25.0 Å². The topological polar surface area (TPSA) is 344 Å². The van der Waals surface area contributed by atoms with E-state index >= 15 is 0 Å². The van der Waals surface area contributed by atoms with E-state index in [1.165, 1.54) is 30.5 Å². The van der Waals surface area contributed by atoms with Crippen molar-refractivity contribution in [3.05, 3.63) is 91.5 Å². The van der Waals surface area contributed by atoms with Crippen molar-refractivity contribution in [2.45, 2.75) is 14.9 Å². The fourth-order valence-electron chi connectivity index (χ4n) is 2.60. The van der Waals surface area contributed by atoms with Gasteiger partial charge in [-0.05, 0) is 42.5 Å². The number of halogens is 2. The Labute approximate surface area is 275 Å². The Morgan fingerprint density at radius 2 is 1.00 bits per heavy atom. The number of aromatic hydroxyl groups is 3. The van der Waals surface area contributed by atoms with Crippen molar-refractivity contribution < 1.29 is 30.0 Å². The summed E-state index contributed by atoms with van der Waals surface area (Å²) in [6.45, 7) is 0. The number of carbonyl (C=O) groups excluding carboxylic acids is 1. The molecular weight excluding hydrogens is 653 g/mol. The number of phenols is 3. The number of nitrogen functional groups attached to an aromatic ring is 1. The zero-order valence-corrected chi connectivity index (χ0v) is 23.8. The predicted octanol–water partition coefficient (Wildman–Crippen LogP) is 2.72. The zero-order chi connectivity index (χ0) is 31.8. The maximum absolute atomic E-state index is 10.6. The normalized spacial score (nSPS) is 9.13. The van der Waals surface area contributed by atoms with Crippen molar-refractivity contribution >= 4 is 72.5 Å². The van der Waals surface area contributed by atoms with Gasteiger partial charge < -0.3 is 44.0 Å². The first-order chi connectivity index (χ1) is 19.7. The summed E-state index contributed by atoms with van der Waals surface area (Å²) < 4.78 is 0. The van der Waals surface area contributed by atoms with E-state index in [2.05, 4.69) is 20.4 Å². The Balaban J connectivity index is -0.000000278. The summed E-state index contributed by atoms with van der Waals surface area (Å²) >= 11 is 0. The third-order valence-electron chi connectivity index (χ3n) is 4.35. The van der Waals surface area contributed by atoms with E-state index in [1.54, 1.807) is 6.07 Å².